The van der Waals surface area contributed by atoms with E-state index in [9.17, 15) is 9.59 Å². The summed E-state index contributed by atoms with van der Waals surface area (Å²) in [4.78, 5) is 32.5. The van der Waals surface area contributed by atoms with Gasteiger partial charge in [0, 0.05) is 5.56 Å². The fraction of sp³-hybridized carbons (Fsp3) is 0.250. The molecule has 0 aliphatic carbocycles. The molecule has 2 aromatic carbocycles. The summed E-state index contributed by atoms with van der Waals surface area (Å²) in [6.45, 7) is 1.28. The van der Waals surface area contributed by atoms with E-state index in [-0.39, 0.29) is 5.56 Å². The molecule has 1 heterocycles. The first-order chi connectivity index (χ1) is 13.0. The van der Waals surface area contributed by atoms with E-state index >= 15 is 0 Å². The third-order valence-electron chi connectivity index (χ3n) is 4.29. The lowest BCUT2D eigenvalue weighted by Crippen LogP contribution is -3.06. The van der Waals surface area contributed by atoms with E-state index in [0.717, 1.165) is 22.8 Å². The predicted octanol–water partition coefficient (Wildman–Crippen LogP) is 0.933. The van der Waals surface area contributed by atoms with Crippen molar-refractivity contribution in [2.45, 2.75) is 13.1 Å². The number of carbonyl (C=O) groups excluding carboxylic acids is 1. The summed E-state index contributed by atoms with van der Waals surface area (Å²) in [5, 5.41) is 0.442. The van der Waals surface area contributed by atoms with Crippen LogP contribution >= 0.6 is 0 Å². The fourth-order valence-corrected chi connectivity index (χ4v) is 3.00. The standard InChI is InChI=1S/C20H21N3O4/c1-23(11-13-5-4-6-15(9-13)26-2)12-18-21-17-10-14(20(25)27-3)7-8-16(17)19(24)22-18/h4-10H,11-12H2,1-3H3,(H,21,22,24)/p+1. The van der Waals surface area contributed by atoms with Crippen molar-refractivity contribution in [1.29, 1.82) is 0 Å². The highest BCUT2D eigenvalue weighted by molar-refractivity contribution is 5.93. The van der Waals surface area contributed by atoms with E-state index < -0.39 is 5.97 Å². The van der Waals surface area contributed by atoms with Crippen LogP contribution in [0.25, 0.3) is 10.9 Å². The monoisotopic (exact) mass is 368 g/mol. The Bertz CT molecular complexity index is 1030. The van der Waals surface area contributed by atoms with Crippen LogP contribution in [-0.2, 0) is 17.8 Å². The molecule has 2 N–H and O–H groups in total. The number of esters is 1. The molecule has 0 fully saturated rings. The first-order valence-corrected chi connectivity index (χ1v) is 8.55. The summed E-state index contributed by atoms with van der Waals surface area (Å²) >= 11 is 0. The smallest absolute Gasteiger partial charge is 0.337 e. The Balaban J connectivity index is 1.83. The lowest BCUT2D eigenvalue weighted by Gasteiger charge is -2.14. The normalized spacial score (nSPS) is 12.0. The SMILES string of the molecule is COC(=O)c1ccc2c(=O)[nH]c(C[NH+](C)Cc3cccc(OC)c3)nc2c1. The predicted molar refractivity (Wildman–Crippen MR) is 101 cm³/mol. The molecule has 0 saturated heterocycles. The summed E-state index contributed by atoms with van der Waals surface area (Å²) in [5.74, 6) is 0.920. The van der Waals surface area contributed by atoms with Crippen molar-refractivity contribution in [2.24, 2.45) is 0 Å². The van der Waals surface area contributed by atoms with Gasteiger partial charge in [0.1, 0.15) is 18.8 Å². The van der Waals surface area contributed by atoms with Crippen LogP contribution in [-0.4, -0.2) is 37.2 Å². The van der Waals surface area contributed by atoms with Crippen LogP contribution in [0, 0.1) is 0 Å². The Labute approximate surface area is 156 Å². The number of H-pyrrole nitrogens is 1. The van der Waals surface area contributed by atoms with Gasteiger partial charge >= 0.3 is 5.97 Å². The quantitative estimate of drug-likeness (QED) is 0.633. The molecule has 0 saturated carbocycles. The third-order valence-corrected chi connectivity index (χ3v) is 4.29. The Morgan fingerprint density at radius 3 is 2.70 bits per heavy atom. The van der Waals surface area contributed by atoms with Gasteiger partial charge in [-0.1, -0.05) is 12.1 Å². The van der Waals surface area contributed by atoms with E-state index in [0.29, 0.717) is 28.8 Å². The minimum atomic E-state index is -0.457. The fourth-order valence-electron chi connectivity index (χ4n) is 3.00. The molecular weight excluding hydrogens is 346 g/mol. The maximum atomic E-state index is 12.3. The number of methoxy groups -OCH3 is 2. The van der Waals surface area contributed by atoms with E-state index in [1.54, 1.807) is 25.3 Å². The summed E-state index contributed by atoms with van der Waals surface area (Å²) in [6, 6.07) is 12.6. The Hall–Kier alpha value is -3.19. The molecule has 7 heteroatoms. The topological polar surface area (TPSA) is 85.7 Å². The van der Waals surface area contributed by atoms with Gasteiger partial charge in [0.2, 0.25) is 0 Å². The Morgan fingerprint density at radius 2 is 1.96 bits per heavy atom. The van der Waals surface area contributed by atoms with Crippen LogP contribution in [0.1, 0.15) is 21.7 Å². The molecule has 3 aromatic rings. The van der Waals surface area contributed by atoms with E-state index in [1.807, 2.05) is 31.3 Å². The number of quaternary nitrogens is 1. The van der Waals surface area contributed by atoms with E-state index in [2.05, 4.69) is 9.97 Å². The van der Waals surface area contributed by atoms with Crippen molar-refractivity contribution in [3.05, 3.63) is 69.8 Å². The van der Waals surface area contributed by atoms with Crippen molar-refractivity contribution in [2.75, 3.05) is 21.3 Å². The van der Waals surface area contributed by atoms with Crippen LogP contribution in [0.2, 0.25) is 0 Å². The zero-order valence-corrected chi connectivity index (χ0v) is 15.5. The minimum absolute atomic E-state index is 0.222. The number of fused-ring (bicyclic) bond motifs is 1. The van der Waals surface area contributed by atoms with Gasteiger partial charge in [-0.15, -0.1) is 0 Å². The largest absolute Gasteiger partial charge is 0.497 e. The molecule has 1 aromatic heterocycles. The summed E-state index contributed by atoms with van der Waals surface area (Å²) in [6.07, 6.45) is 0. The molecule has 7 nitrogen and oxygen atoms in total. The molecule has 0 aliphatic rings. The van der Waals surface area contributed by atoms with Crippen LogP contribution in [0.5, 0.6) is 5.75 Å². The number of hydrogen-bond acceptors (Lipinski definition) is 5. The average Bonchev–Trinajstić information content (AvgIpc) is 2.66. The lowest BCUT2D eigenvalue weighted by atomic mass is 10.1. The van der Waals surface area contributed by atoms with Gasteiger partial charge in [0.15, 0.2) is 5.82 Å². The molecule has 1 unspecified atom stereocenters. The zero-order chi connectivity index (χ0) is 19.4. The molecule has 0 radical (unpaired) electrons. The highest BCUT2D eigenvalue weighted by Crippen LogP contribution is 2.12. The van der Waals surface area contributed by atoms with Gasteiger partial charge in [-0.2, -0.15) is 0 Å². The highest BCUT2D eigenvalue weighted by Gasteiger charge is 2.12. The van der Waals surface area contributed by atoms with Gasteiger partial charge in [-0.3, -0.25) is 4.79 Å². The molecule has 140 valence electrons. The van der Waals surface area contributed by atoms with Crippen molar-refractivity contribution in [1.82, 2.24) is 9.97 Å². The number of aromatic amines is 1. The van der Waals surface area contributed by atoms with Crippen LogP contribution in [0.15, 0.2) is 47.3 Å². The number of ether oxygens (including phenoxy) is 2. The first-order valence-electron chi connectivity index (χ1n) is 8.55. The number of hydrogen-bond donors (Lipinski definition) is 2. The van der Waals surface area contributed by atoms with Gasteiger partial charge in [0.25, 0.3) is 5.56 Å². The molecule has 0 aliphatic heterocycles. The lowest BCUT2D eigenvalue weighted by molar-refractivity contribution is -0.908. The molecule has 27 heavy (non-hydrogen) atoms. The van der Waals surface area contributed by atoms with Gasteiger partial charge in [0.05, 0.1) is 37.7 Å². The molecule has 0 spiro atoms. The summed E-state index contributed by atoms with van der Waals surface area (Å²) in [7, 11) is 4.98. The van der Waals surface area contributed by atoms with Crippen molar-refractivity contribution >= 4 is 16.9 Å². The number of nitrogens with one attached hydrogen (secondary N) is 2. The number of carbonyl (C=O) groups is 1. The number of benzene rings is 2. The summed E-state index contributed by atoms with van der Waals surface area (Å²) in [5.41, 5.74) is 1.75. The molecular formula is C20H22N3O4+. The van der Waals surface area contributed by atoms with Gasteiger partial charge in [-0.05, 0) is 30.3 Å². The second-order valence-corrected chi connectivity index (χ2v) is 6.40. The van der Waals surface area contributed by atoms with Gasteiger partial charge in [-0.25, -0.2) is 9.78 Å². The third kappa shape index (κ3) is 4.32. The van der Waals surface area contributed by atoms with Crippen LogP contribution in [0.3, 0.4) is 0 Å². The highest BCUT2D eigenvalue weighted by atomic mass is 16.5. The molecule has 3 rings (SSSR count). The van der Waals surface area contributed by atoms with Gasteiger partial charge < -0.3 is 19.4 Å². The number of nitrogens with zero attached hydrogens (tertiary/aromatic N) is 1. The average molecular weight is 368 g/mol. The minimum Gasteiger partial charge on any atom is -0.497 e. The second-order valence-electron chi connectivity index (χ2n) is 6.40. The molecule has 1 atom stereocenters. The number of aromatic nitrogens is 2. The van der Waals surface area contributed by atoms with Crippen molar-refractivity contribution in [3.8, 4) is 5.75 Å². The van der Waals surface area contributed by atoms with Crippen molar-refractivity contribution < 1.29 is 19.2 Å². The molecule has 0 amide bonds. The number of rotatable bonds is 6. The maximum absolute atomic E-state index is 12.3. The van der Waals surface area contributed by atoms with Crippen LogP contribution in [0.4, 0.5) is 0 Å². The van der Waals surface area contributed by atoms with Crippen molar-refractivity contribution in [3.63, 3.8) is 0 Å². The van der Waals surface area contributed by atoms with E-state index in [4.69, 9.17) is 9.47 Å². The Kier molecular flexibility index (Phi) is 5.52. The first kappa shape index (κ1) is 18.6. The zero-order valence-electron chi connectivity index (χ0n) is 15.5. The summed E-state index contributed by atoms with van der Waals surface area (Å²) < 4.78 is 9.98. The maximum Gasteiger partial charge on any atom is 0.337 e. The van der Waals surface area contributed by atoms with E-state index in [1.165, 1.54) is 7.11 Å². The Morgan fingerprint density at radius 1 is 1.15 bits per heavy atom. The van der Waals surface area contributed by atoms with Crippen LogP contribution < -0.4 is 15.2 Å². The molecule has 0 bridgehead atoms. The second kappa shape index (κ2) is 8.01.